The molecule has 0 bridgehead atoms. The van der Waals surface area contributed by atoms with Gasteiger partial charge in [0, 0.05) is 0 Å². The second-order valence-electron chi connectivity index (χ2n) is 4.64. The maximum Gasteiger partial charge on any atom is 0.0837 e. The van der Waals surface area contributed by atoms with Crippen LogP contribution in [0.5, 0.6) is 0 Å². The maximum atomic E-state index is 5.66. The van der Waals surface area contributed by atoms with E-state index in [0.29, 0.717) is 5.92 Å². The summed E-state index contributed by atoms with van der Waals surface area (Å²) in [6.07, 6.45) is 0. The molecular formula is C13H18N4S. The summed E-state index contributed by atoms with van der Waals surface area (Å²) in [5, 5.41) is 4.03. The van der Waals surface area contributed by atoms with Gasteiger partial charge in [-0.25, -0.2) is 5.43 Å². The van der Waals surface area contributed by atoms with Crippen LogP contribution in [0.1, 0.15) is 47.5 Å². The zero-order chi connectivity index (χ0) is 13.1. The number of hydrazine groups is 1. The lowest BCUT2D eigenvalue weighted by Crippen LogP contribution is -2.28. The minimum absolute atomic E-state index is 0.0359. The Labute approximate surface area is 111 Å². The lowest BCUT2D eigenvalue weighted by molar-refractivity contribution is 0.641. The fraction of sp³-hybridized carbons (Fsp3) is 0.385. The number of nitrogens with two attached hydrogens (primary N) is 1. The summed E-state index contributed by atoms with van der Waals surface area (Å²) in [4.78, 5) is 1.06. The Kier molecular flexibility index (Phi) is 4.06. The van der Waals surface area contributed by atoms with E-state index >= 15 is 0 Å². The van der Waals surface area contributed by atoms with Crippen molar-refractivity contribution in [1.29, 1.82) is 0 Å². The van der Waals surface area contributed by atoms with Crippen LogP contribution in [0, 0.1) is 6.92 Å². The van der Waals surface area contributed by atoms with E-state index in [1.165, 1.54) is 17.1 Å². The average molecular weight is 262 g/mol. The van der Waals surface area contributed by atoms with Crippen molar-refractivity contribution in [3.8, 4) is 0 Å². The number of benzene rings is 1. The van der Waals surface area contributed by atoms with E-state index < -0.39 is 0 Å². The molecule has 96 valence electrons. The zero-order valence-corrected chi connectivity index (χ0v) is 11.7. The van der Waals surface area contributed by atoms with Crippen molar-refractivity contribution in [2.75, 3.05) is 0 Å². The topological polar surface area (TPSA) is 63.8 Å². The molecule has 0 aliphatic rings. The van der Waals surface area contributed by atoms with Crippen LogP contribution in [-0.2, 0) is 0 Å². The van der Waals surface area contributed by atoms with E-state index in [-0.39, 0.29) is 6.04 Å². The molecule has 1 atom stereocenters. The number of aromatic nitrogens is 2. The first-order chi connectivity index (χ1) is 8.63. The molecule has 0 saturated carbocycles. The second-order valence-corrected chi connectivity index (χ2v) is 5.43. The van der Waals surface area contributed by atoms with Crippen molar-refractivity contribution >= 4 is 11.5 Å². The molecule has 18 heavy (non-hydrogen) atoms. The molecule has 1 aromatic heterocycles. The molecule has 1 heterocycles. The highest BCUT2D eigenvalue weighted by Gasteiger charge is 2.17. The number of hydrogen-bond acceptors (Lipinski definition) is 5. The van der Waals surface area contributed by atoms with Gasteiger partial charge in [-0.05, 0) is 35.5 Å². The quantitative estimate of drug-likeness (QED) is 0.656. The van der Waals surface area contributed by atoms with Gasteiger partial charge in [0.05, 0.1) is 16.6 Å². The number of hydrogen-bond donors (Lipinski definition) is 2. The Morgan fingerprint density at radius 2 is 1.78 bits per heavy atom. The lowest BCUT2D eigenvalue weighted by Gasteiger charge is -2.15. The first kappa shape index (κ1) is 13.1. The van der Waals surface area contributed by atoms with Crippen LogP contribution in [0.2, 0.25) is 0 Å². The second kappa shape index (κ2) is 5.56. The Morgan fingerprint density at radius 3 is 2.22 bits per heavy atom. The highest BCUT2D eigenvalue weighted by molar-refractivity contribution is 7.05. The smallest absolute Gasteiger partial charge is 0.0837 e. The molecule has 0 aliphatic carbocycles. The van der Waals surface area contributed by atoms with Gasteiger partial charge in [0.25, 0.3) is 0 Å². The van der Waals surface area contributed by atoms with Gasteiger partial charge in [0.1, 0.15) is 0 Å². The van der Waals surface area contributed by atoms with Crippen molar-refractivity contribution in [3.05, 3.63) is 46.0 Å². The molecular weight excluding hydrogens is 244 g/mol. The van der Waals surface area contributed by atoms with Gasteiger partial charge >= 0.3 is 0 Å². The van der Waals surface area contributed by atoms with Gasteiger partial charge in [-0.1, -0.05) is 42.6 Å². The monoisotopic (exact) mass is 262 g/mol. The van der Waals surface area contributed by atoms with Crippen LogP contribution in [0.15, 0.2) is 24.3 Å². The zero-order valence-electron chi connectivity index (χ0n) is 10.8. The first-order valence-corrected chi connectivity index (χ1v) is 6.75. The molecule has 3 N–H and O–H groups in total. The predicted molar refractivity (Wildman–Crippen MR) is 74.3 cm³/mol. The Morgan fingerprint density at radius 1 is 1.17 bits per heavy atom. The van der Waals surface area contributed by atoms with Crippen LogP contribution >= 0.6 is 11.5 Å². The van der Waals surface area contributed by atoms with Gasteiger partial charge in [-0.2, -0.15) is 0 Å². The van der Waals surface area contributed by atoms with Crippen LogP contribution in [0.25, 0.3) is 0 Å². The molecule has 2 aromatic rings. The molecule has 0 amide bonds. The molecule has 0 fully saturated rings. The van der Waals surface area contributed by atoms with E-state index in [0.717, 1.165) is 16.1 Å². The van der Waals surface area contributed by atoms with Gasteiger partial charge < -0.3 is 0 Å². The van der Waals surface area contributed by atoms with Crippen molar-refractivity contribution < 1.29 is 0 Å². The van der Waals surface area contributed by atoms with Crippen molar-refractivity contribution in [2.24, 2.45) is 5.84 Å². The fourth-order valence-corrected chi connectivity index (χ4v) is 2.63. The minimum Gasteiger partial charge on any atom is -0.271 e. The Bertz CT molecular complexity index is 504. The number of rotatable bonds is 4. The third-order valence-corrected chi connectivity index (χ3v) is 3.94. The van der Waals surface area contributed by atoms with Crippen LogP contribution < -0.4 is 11.3 Å². The third kappa shape index (κ3) is 2.58. The van der Waals surface area contributed by atoms with Gasteiger partial charge in [-0.15, -0.1) is 5.10 Å². The van der Waals surface area contributed by atoms with E-state index in [1.54, 1.807) is 0 Å². The molecule has 0 aliphatic heterocycles. The third-order valence-electron chi connectivity index (χ3n) is 3.05. The predicted octanol–water partition coefficient (Wildman–Crippen LogP) is 2.52. The first-order valence-electron chi connectivity index (χ1n) is 5.98. The van der Waals surface area contributed by atoms with Crippen LogP contribution in [0.3, 0.4) is 0 Å². The molecule has 0 radical (unpaired) electrons. The number of nitrogens with zero attached hydrogens (tertiary/aromatic N) is 2. The maximum absolute atomic E-state index is 5.66. The number of aryl methyl sites for hydroxylation is 1. The summed E-state index contributed by atoms with van der Waals surface area (Å²) in [5.74, 6) is 6.20. The highest BCUT2D eigenvalue weighted by atomic mass is 32.1. The van der Waals surface area contributed by atoms with Crippen molar-refractivity contribution in [2.45, 2.75) is 32.7 Å². The fourth-order valence-electron chi connectivity index (χ4n) is 1.90. The van der Waals surface area contributed by atoms with Gasteiger partial charge in [0.15, 0.2) is 0 Å². The summed E-state index contributed by atoms with van der Waals surface area (Å²) in [5.41, 5.74) is 6.23. The summed E-state index contributed by atoms with van der Waals surface area (Å²) in [6, 6.07) is 8.48. The lowest BCUT2D eigenvalue weighted by atomic mass is 9.98. The normalized spacial score (nSPS) is 12.9. The van der Waals surface area contributed by atoms with Gasteiger partial charge in [-0.3, -0.25) is 5.84 Å². The Hall–Kier alpha value is -1.30. The Balaban J connectivity index is 2.31. The van der Waals surface area contributed by atoms with E-state index in [4.69, 9.17) is 5.84 Å². The van der Waals surface area contributed by atoms with Crippen molar-refractivity contribution in [1.82, 2.24) is 15.0 Å². The van der Waals surface area contributed by atoms with Crippen molar-refractivity contribution in [3.63, 3.8) is 0 Å². The van der Waals surface area contributed by atoms with E-state index in [2.05, 4.69) is 53.1 Å². The highest BCUT2D eigenvalue weighted by Crippen LogP contribution is 2.27. The summed E-state index contributed by atoms with van der Waals surface area (Å²) >= 11 is 1.38. The average Bonchev–Trinajstić information content (AvgIpc) is 2.78. The molecule has 1 aromatic carbocycles. The summed E-state index contributed by atoms with van der Waals surface area (Å²) < 4.78 is 3.96. The molecule has 1 unspecified atom stereocenters. The van der Waals surface area contributed by atoms with Gasteiger partial charge in [0.2, 0.25) is 0 Å². The number of nitrogens with one attached hydrogen (secondary N) is 1. The molecule has 2 rings (SSSR count). The SMILES string of the molecule is Cc1nnsc1C(NN)c1ccc(C(C)C)cc1. The van der Waals surface area contributed by atoms with E-state index in [1.807, 2.05) is 6.92 Å². The largest absolute Gasteiger partial charge is 0.271 e. The molecule has 4 nitrogen and oxygen atoms in total. The summed E-state index contributed by atoms with van der Waals surface area (Å²) in [7, 11) is 0. The molecule has 5 heteroatoms. The summed E-state index contributed by atoms with van der Waals surface area (Å²) in [6.45, 7) is 6.32. The standard InChI is InChI=1S/C13H18N4S/c1-8(2)10-4-6-11(7-5-10)12(15-14)13-9(3)16-17-18-13/h4-8,12,15H,14H2,1-3H3. The van der Waals surface area contributed by atoms with Crippen LogP contribution in [-0.4, -0.2) is 9.59 Å². The minimum atomic E-state index is -0.0359. The van der Waals surface area contributed by atoms with E-state index in [9.17, 15) is 0 Å². The molecule has 0 spiro atoms. The molecule has 0 saturated heterocycles. The van der Waals surface area contributed by atoms with Crippen LogP contribution in [0.4, 0.5) is 0 Å².